The number of carbonyl (C=O) groups excluding carboxylic acids is 1. The zero-order valence-electron chi connectivity index (χ0n) is 14.6. The van der Waals surface area contributed by atoms with Gasteiger partial charge in [0.05, 0.1) is 17.1 Å². The second kappa shape index (κ2) is 8.10. The molecule has 0 unspecified atom stereocenters. The van der Waals surface area contributed by atoms with Crippen LogP contribution in [0.3, 0.4) is 0 Å². The van der Waals surface area contributed by atoms with Gasteiger partial charge in [0.1, 0.15) is 5.69 Å². The van der Waals surface area contributed by atoms with Crippen LogP contribution in [0.1, 0.15) is 35.4 Å². The summed E-state index contributed by atoms with van der Waals surface area (Å²) in [6.45, 7) is 4.65. The Balaban J connectivity index is 1.81. The molecule has 2 heterocycles. The number of aryl methyl sites for hydroxylation is 1. The Morgan fingerprint density at radius 1 is 1.15 bits per heavy atom. The third kappa shape index (κ3) is 4.08. The number of halogens is 1. The van der Waals surface area contributed by atoms with Crippen molar-refractivity contribution in [3.8, 4) is 11.5 Å². The van der Waals surface area contributed by atoms with Crippen molar-refractivity contribution in [2.75, 3.05) is 6.54 Å². The van der Waals surface area contributed by atoms with Crippen LogP contribution in [-0.4, -0.2) is 32.5 Å². The lowest BCUT2D eigenvalue weighted by molar-refractivity contribution is 0.0722. The number of nitrogens with zero attached hydrogens (tertiary/aromatic N) is 4. The Morgan fingerprint density at radius 2 is 1.96 bits per heavy atom. The van der Waals surface area contributed by atoms with Gasteiger partial charge in [-0.2, -0.15) is 0 Å². The van der Waals surface area contributed by atoms with E-state index in [9.17, 15) is 4.79 Å². The number of hydrogen-bond donors (Lipinski definition) is 0. The summed E-state index contributed by atoms with van der Waals surface area (Å²) in [6, 6.07) is 12.6. The van der Waals surface area contributed by atoms with Crippen molar-refractivity contribution in [3.05, 3.63) is 64.8 Å². The number of hydrogen-bond acceptors (Lipinski definition) is 5. The molecule has 1 aromatic carbocycles. The highest BCUT2D eigenvalue weighted by molar-refractivity contribution is 6.33. The lowest BCUT2D eigenvalue weighted by atomic mass is 10.2. The Hall–Kier alpha value is -2.73. The number of pyridine rings is 1. The Labute approximate surface area is 156 Å². The maximum Gasteiger partial charge on any atom is 0.272 e. The van der Waals surface area contributed by atoms with Gasteiger partial charge in [0, 0.05) is 12.2 Å². The first-order chi connectivity index (χ1) is 12.6. The summed E-state index contributed by atoms with van der Waals surface area (Å²) >= 11 is 6.17. The highest BCUT2D eigenvalue weighted by Crippen LogP contribution is 2.26. The minimum atomic E-state index is -0.159. The normalized spacial score (nSPS) is 10.7. The molecule has 134 valence electrons. The summed E-state index contributed by atoms with van der Waals surface area (Å²) in [4.78, 5) is 18.7. The largest absolute Gasteiger partial charge is 0.419 e. The Kier molecular flexibility index (Phi) is 5.63. The second-order valence-electron chi connectivity index (χ2n) is 5.87. The first kappa shape index (κ1) is 18.1. The van der Waals surface area contributed by atoms with Crippen molar-refractivity contribution < 1.29 is 9.21 Å². The fourth-order valence-corrected chi connectivity index (χ4v) is 2.79. The maximum absolute atomic E-state index is 12.8. The Bertz CT molecular complexity index is 910. The van der Waals surface area contributed by atoms with Crippen molar-refractivity contribution in [3.63, 3.8) is 0 Å². The molecule has 0 aliphatic rings. The molecule has 0 spiro atoms. The van der Waals surface area contributed by atoms with Gasteiger partial charge in [0.2, 0.25) is 11.8 Å². The van der Waals surface area contributed by atoms with E-state index in [-0.39, 0.29) is 12.5 Å². The molecule has 2 aromatic heterocycles. The fourth-order valence-electron chi connectivity index (χ4n) is 2.57. The van der Waals surface area contributed by atoms with Gasteiger partial charge in [0.25, 0.3) is 5.91 Å². The topological polar surface area (TPSA) is 72.1 Å². The van der Waals surface area contributed by atoms with Crippen molar-refractivity contribution in [2.24, 2.45) is 0 Å². The predicted octanol–water partition coefficient (Wildman–Crippen LogP) is 4.15. The SMILES string of the molecule is CCCN(Cc1nnc(-c2ccccc2Cl)o1)C(=O)c1cccc(C)n1. The van der Waals surface area contributed by atoms with Crippen molar-refractivity contribution in [2.45, 2.75) is 26.8 Å². The van der Waals surface area contributed by atoms with Crippen LogP contribution in [0.15, 0.2) is 46.9 Å². The molecule has 0 aliphatic heterocycles. The lowest BCUT2D eigenvalue weighted by Gasteiger charge is -2.19. The monoisotopic (exact) mass is 370 g/mol. The van der Waals surface area contributed by atoms with Gasteiger partial charge in [-0.15, -0.1) is 10.2 Å². The average molecular weight is 371 g/mol. The molecule has 3 rings (SSSR count). The first-order valence-electron chi connectivity index (χ1n) is 8.38. The van der Waals surface area contributed by atoms with Gasteiger partial charge in [-0.1, -0.05) is 36.7 Å². The summed E-state index contributed by atoms with van der Waals surface area (Å²) in [5, 5.41) is 8.65. The fraction of sp³-hybridized carbons (Fsp3) is 0.263. The molecule has 0 atom stereocenters. The molecular weight excluding hydrogens is 352 g/mol. The maximum atomic E-state index is 12.8. The van der Waals surface area contributed by atoms with E-state index in [0.29, 0.717) is 34.6 Å². The summed E-state index contributed by atoms with van der Waals surface area (Å²) in [5.41, 5.74) is 1.87. The first-order valence-corrected chi connectivity index (χ1v) is 8.76. The third-order valence-corrected chi connectivity index (χ3v) is 4.12. The van der Waals surface area contributed by atoms with Crippen molar-refractivity contribution in [1.29, 1.82) is 0 Å². The molecule has 1 amide bonds. The molecular formula is C19H19ClN4O2. The molecule has 0 bridgehead atoms. The van der Waals surface area contributed by atoms with Crippen LogP contribution in [0.5, 0.6) is 0 Å². The predicted molar refractivity (Wildman–Crippen MR) is 98.7 cm³/mol. The van der Waals surface area contributed by atoms with Gasteiger partial charge < -0.3 is 9.32 Å². The third-order valence-electron chi connectivity index (χ3n) is 3.79. The quantitative estimate of drug-likeness (QED) is 0.651. The van der Waals surface area contributed by atoms with Crippen molar-refractivity contribution >= 4 is 17.5 Å². The average Bonchev–Trinajstić information content (AvgIpc) is 3.09. The molecule has 26 heavy (non-hydrogen) atoms. The van der Waals surface area contributed by atoms with Crippen LogP contribution >= 0.6 is 11.6 Å². The number of benzene rings is 1. The van der Waals surface area contributed by atoms with E-state index in [1.165, 1.54) is 0 Å². The molecule has 0 aliphatic carbocycles. The van der Waals surface area contributed by atoms with E-state index in [0.717, 1.165) is 12.1 Å². The summed E-state index contributed by atoms with van der Waals surface area (Å²) in [7, 11) is 0. The Morgan fingerprint density at radius 3 is 2.69 bits per heavy atom. The van der Waals surface area contributed by atoms with E-state index in [4.69, 9.17) is 16.0 Å². The molecule has 3 aromatic rings. The van der Waals surface area contributed by atoms with Gasteiger partial charge in [-0.25, -0.2) is 4.98 Å². The highest BCUT2D eigenvalue weighted by Gasteiger charge is 2.20. The number of amides is 1. The van der Waals surface area contributed by atoms with Crippen LogP contribution in [0.2, 0.25) is 5.02 Å². The zero-order valence-corrected chi connectivity index (χ0v) is 15.4. The van der Waals surface area contributed by atoms with Crippen LogP contribution in [0.25, 0.3) is 11.5 Å². The zero-order chi connectivity index (χ0) is 18.5. The highest BCUT2D eigenvalue weighted by atomic mass is 35.5. The molecule has 0 saturated heterocycles. The van der Waals surface area contributed by atoms with Gasteiger partial charge in [-0.3, -0.25) is 4.79 Å². The van der Waals surface area contributed by atoms with Crippen LogP contribution < -0.4 is 0 Å². The number of carbonyl (C=O) groups is 1. The van der Waals surface area contributed by atoms with E-state index >= 15 is 0 Å². The van der Waals surface area contributed by atoms with Crippen LogP contribution in [0.4, 0.5) is 0 Å². The smallest absolute Gasteiger partial charge is 0.272 e. The van der Waals surface area contributed by atoms with Gasteiger partial charge >= 0.3 is 0 Å². The molecule has 0 radical (unpaired) electrons. The number of rotatable bonds is 6. The molecule has 7 heteroatoms. The molecule has 6 nitrogen and oxygen atoms in total. The van der Waals surface area contributed by atoms with E-state index in [2.05, 4.69) is 15.2 Å². The van der Waals surface area contributed by atoms with Crippen LogP contribution in [-0.2, 0) is 6.54 Å². The van der Waals surface area contributed by atoms with E-state index in [1.807, 2.05) is 44.2 Å². The van der Waals surface area contributed by atoms with Gasteiger partial charge in [0.15, 0.2) is 0 Å². The summed E-state index contributed by atoms with van der Waals surface area (Å²) in [6.07, 6.45) is 0.809. The molecule has 0 saturated carbocycles. The van der Waals surface area contributed by atoms with Crippen LogP contribution in [0, 0.1) is 6.92 Å². The molecule has 0 fully saturated rings. The van der Waals surface area contributed by atoms with Gasteiger partial charge in [-0.05, 0) is 37.6 Å². The summed E-state index contributed by atoms with van der Waals surface area (Å²) < 4.78 is 5.72. The van der Waals surface area contributed by atoms with E-state index < -0.39 is 0 Å². The lowest BCUT2D eigenvalue weighted by Crippen LogP contribution is -2.32. The van der Waals surface area contributed by atoms with E-state index in [1.54, 1.807) is 17.0 Å². The molecule has 0 N–H and O–H groups in total. The minimum absolute atomic E-state index is 0.159. The standard InChI is InChI=1S/C19H19ClN4O2/c1-3-11-24(19(25)16-10-6-7-13(2)21-16)12-17-22-23-18(26-17)14-8-4-5-9-15(14)20/h4-10H,3,11-12H2,1-2H3. The van der Waals surface area contributed by atoms with Crippen molar-refractivity contribution in [1.82, 2.24) is 20.1 Å². The second-order valence-corrected chi connectivity index (χ2v) is 6.28. The minimum Gasteiger partial charge on any atom is -0.419 e. The number of aromatic nitrogens is 3. The summed E-state index contributed by atoms with van der Waals surface area (Å²) in [5.74, 6) is 0.533.